The highest BCUT2D eigenvalue weighted by molar-refractivity contribution is 9.10. The molecule has 1 rings (SSSR count). The summed E-state index contributed by atoms with van der Waals surface area (Å²) in [6.45, 7) is 1.97. The minimum atomic E-state index is 0.623. The lowest BCUT2D eigenvalue weighted by Gasteiger charge is -2.04. The van der Waals surface area contributed by atoms with Crippen molar-refractivity contribution in [2.45, 2.75) is 6.92 Å². The lowest BCUT2D eigenvalue weighted by Crippen LogP contribution is -1.96. The summed E-state index contributed by atoms with van der Waals surface area (Å²) in [5, 5.41) is 0. The number of nitrogen functional groups attached to an aromatic ring is 2. The summed E-state index contributed by atoms with van der Waals surface area (Å²) in [5.41, 5.74) is 13.5. The van der Waals surface area contributed by atoms with Crippen molar-refractivity contribution in [3.8, 4) is 0 Å². The van der Waals surface area contributed by atoms with Gasteiger partial charge in [0, 0.05) is 4.47 Å². The van der Waals surface area contributed by atoms with Crippen LogP contribution in [0, 0.1) is 6.92 Å². The molecule has 0 fully saturated rings. The minimum Gasteiger partial charge on any atom is -0.397 e. The Hall–Kier alpha value is -0.700. The second-order valence-corrected chi connectivity index (χ2v) is 2.99. The van der Waals surface area contributed by atoms with E-state index in [1.807, 2.05) is 13.0 Å². The summed E-state index contributed by atoms with van der Waals surface area (Å²) in [6, 6.07) is 3.73. The largest absolute Gasteiger partial charge is 0.397 e. The first kappa shape index (κ1) is 7.41. The van der Waals surface area contributed by atoms with Crippen LogP contribution in [0.3, 0.4) is 0 Å². The normalized spacial score (nSPS) is 9.80. The van der Waals surface area contributed by atoms with Gasteiger partial charge in [0.2, 0.25) is 0 Å². The maximum absolute atomic E-state index is 5.61. The van der Waals surface area contributed by atoms with Crippen LogP contribution in [0.5, 0.6) is 0 Å². The summed E-state index contributed by atoms with van der Waals surface area (Å²) in [6.07, 6.45) is 0. The van der Waals surface area contributed by atoms with E-state index in [4.69, 9.17) is 11.5 Å². The summed E-state index contributed by atoms with van der Waals surface area (Å²) in [7, 11) is 0. The lowest BCUT2D eigenvalue weighted by atomic mass is 10.2. The first-order valence-corrected chi connectivity index (χ1v) is 3.72. The second kappa shape index (κ2) is 2.50. The van der Waals surface area contributed by atoms with Gasteiger partial charge in [-0.3, -0.25) is 0 Å². The van der Waals surface area contributed by atoms with Crippen molar-refractivity contribution in [2.75, 3.05) is 11.5 Å². The molecule has 0 spiro atoms. The van der Waals surface area contributed by atoms with Crippen molar-refractivity contribution >= 4 is 27.3 Å². The third-order valence-corrected chi connectivity index (χ3v) is 2.46. The van der Waals surface area contributed by atoms with Crippen LogP contribution < -0.4 is 11.5 Å². The summed E-state index contributed by atoms with van der Waals surface area (Å²) >= 11 is 3.32. The third-order valence-electron chi connectivity index (χ3n) is 1.41. The molecule has 1 aromatic carbocycles. The Morgan fingerprint density at radius 3 is 2.40 bits per heavy atom. The zero-order valence-corrected chi connectivity index (χ0v) is 7.27. The molecule has 0 aliphatic heterocycles. The van der Waals surface area contributed by atoms with E-state index in [-0.39, 0.29) is 0 Å². The van der Waals surface area contributed by atoms with Crippen LogP contribution in [-0.2, 0) is 0 Å². The number of hydrogen-bond acceptors (Lipinski definition) is 2. The predicted molar refractivity (Wildman–Crippen MR) is 47.7 cm³/mol. The highest BCUT2D eigenvalue weighted by Gasteiger charge is 2.00. The predicted octanol–water partition coefficient (Wildman–Crippen LogP) is 1.92. The third kappa shape index (κ3) is 1.09. The Bertz CT molecular complexity index is 231. The van der Waals surface area contributed by atoms with Gasteiger partial charge in [-0.05, 0) is 34.5 Å². The number of nitrogens with two attached hydrogens (primary N) is 2. The number of halogens is 1. The lowest BCUT2D eigenvalue weighted by molar-refractivity contribution is 1.43. The Morgan fingerprint density at radius 2 is 1.90 bits per heavy atom. The summed E-state index contributed by atoms with van der Waals surface area (Å²) in [4.78, 5) is 0. The van der Waals surface area contributed by atoms with E-state index in [0.717, 1.165) is 10.0 Å². The van der Waals surface area contributed by atoms with Crippen molar-refractivity contribution in [3.63, 3.8) is 0 Å². The fourth-order valence-corrected chi connectivity index (χ4v) is 1.08. The van der Waals surface area contributed by atoms with E-state index in [9.17, 15) is 0 Å². The van der Waals surface area contributed by atoms with Crippen molar-refractivity contribution in [1.29, 1.82) is 0 Å². The molecular weight excluding hydrogens is 192 g/mol. The maximum Gasteiger partial charge on any atom is 0.0694 e. The maximum atomic E-state index is 5.61. The molecule has 0 heterocycles. The minimum absolute atomic E-state index is 0.623. The van der Waals surface area contributed by atoms with Crippen molar-refractivity contribution < 1.29 is 0 Å². The van der Waals surface area contributed by atoms with E-state index in [2.05, 4.69) is 15.9 Å². The van der Waals surface area contributed by atoms with Gasteiger partial charge in [-0.2, -0.15) is 0 Å². The first-order chi connectivity index (χ1) is 4.63. The fourth-order valence-electron chi connectivity index (χ4n) is 0.717. The Balaban J connectivity index is 3.34. The smallest absolute Gasteiger partial charge is 0.0694 e. The molecule has 0 unspecified atom stereocenters. The Morgan fingerprint density at radius 1 is 1.30 bits per heavy atom. The van der Waals surface area contributed by atoms with Crippen LogP contribution in [0.25, 0.3) is 0 Å². The highest BCUT2D eigenvalue weighted by Crippen LogP contribution is 2.28. The topological polar surface area (TPSA) is 52.0 Å². The molecule has 0 saturated heterocycles. The van der Waals surface area contributed by atoms with Crippen LogP contribution in [-0.4, -0.2) is 0 Å². The van der Waals surface area contributed by atoms with Crippen molar-refractivity contribution in [2.24, 2.45) is 0 Å². The average Bonchev–Trinajstić information content (AvgIpc) is 1.93. The molecule has 4 N–H and O–H groups in total. The molecule has 0 saturated carbocycles. The van der Waals surface area contributed by atoms with E-state index < -0.39 is 0 Å². The Labute approximate surface area is 68.3 Å². The van der Waals surface area contributed by atoms with E-state index in [0.29, 0.717) is 11.4 Å². The van der Waals surface area contributed by atoms with Crippen molar-refractivity contribution in [1.82, 2.24) is 0 Å². The highest BCUT2D eigenvalue weighted by atomic mass is 79.9. The van der Waals surface area contributed by atoms with Crippen LogP contribution >= 0.6 is 15.9 Å². The van der Waals surface area contributed by atoms with Crippen LogP contribution in [0.2, 0.25) is 0 Å². The summed E-state index contributed by atoms with van der Waals surface area (Å²) < 4.78 is 0.896. The molecule has 0 amide bonds. The molecule has 3 heteroatoms. The molecule has 0 aromatic heterocycles. The number of rotatable bonds is 0. The van der Waals surface area contributed by atoms with Gasteiger partial charge in [0.05, 0.1) is 11.4 Å². The van der Waals surface area contributed by atoms with E-state index in [1.165, 1.54) is 0 Å². The van der Waals surface area contributed by atoms with Gasteiger partial charge in [0.25, 0.3) is 0 Å². The average molecular weight is 201 g/mol. The number of hydrogen-bond donors (Lipinski definition) is 2. The van der Waals surface area contributed by atoms with Gasteiger partial charge in [0.15, 0.2) is 0 Å². The molecule has 2 nitrogen and oxygen atoms in total. The van der Waals surface area contributed by atoms with Gasteiger partial charge in [-0.15, -0.1) is 0 Å². The molecule has 0 radical (unpaired) electrons. The molecule has 0 atom stereocenters. The quantitative estimate of drug-likeness (QED) is 0.630. The van der Waals surface area contributed by atoms with E-state index >= 15 is 0 Å². The fraction of sp³-hybridized carbons (Fsp3) is 0.143. The van der Waals surface area contributed by atoms with Gasteiger partial charge < -0.3 is 11.5 Å². The number of anilines is 2. The zero-order chi connectivity index (χ0) is 7.72. The summed E-state index contributed by atoms with van der Waals surface area (Å²) in [5.74, 6) is 0. The van der Waals surface area contributed by atoms with Gasteiger partial charge >= 0.3 is 0 Å². The first-order valence-electron chi connectivity index (χ1n) is 2.93. The molecule has 0 aliphatic rings. The van der Waals surface area contributed by atoms with Crippen molar-refractivity contribution in [3.05, 3.63) is 22.2 Å². The molecule has 1 aromatic rings. The van der Waals surface area contributed by atoms with Crippen LogP contribution in [0.1, 0.15) is 5.56 Å². The standard InChI is InChI=1S/C7H9BrN2/c1-4-2-3-5(9)7(10)6(4)8/h2-3H,9-10H2,1H3. The monoisotopic (exact) mass is 200 g/mol. The van der Waals surface area contributed by atoms with Gasteiger partial charge in [-0.25, -0.2) is 0 Å². The van der Waals surface area contributed by atoms with Crippen LogP contribution in [0.4, 0.5) is 11.4 Å². The molecule has 0 bridgehead atoms. The molecule has 0 aliphatic carbocycles. The van der Waals surface area contributed by atoms with Gasteiger partial charge in [0.1, 0.15) is 0 Å². The number of aryl methyl sites for hydroxylation is 1. The zero-order valence-electron chi connectivity index (χ0n) is 5.69. The molecule has 54 valence electrons. The molecular formula is C7H9BrN2. The number of benzene rings is 1. The van der Waals surface area contributed by atoms with Gasteiger partial charge in [-0.1, -0.05) is 6.07 Å². The van der Waals surface area contributed by atoms with Crippen LogP contribution in [0.15, 0.2) is 16.6 Å². The SMILES string of the molecule is Cc1ccc(N)c(N)c1Br. The van der Waals surface area contributed by atoms with E-state index in [1.54, 1.807) is 6.07 Å². The molecule has 10 heavy (non-hydrogen) atoms. The second-order valence-electron chi connectivity index (χ2n) is 2.20. The Kier molecular flexibility index (Phi) is 1.85.